The number of ketones is 1. The van der Waals surface area contributed by atoms with Crippen molar-refractivity contribution >= 4 is 38.4 Å². The molecule has 0 atom stereocenters. The lowest BCUT2D eigenvalue weighted by Gasteiger charge is -2.10. The summed E-state index contributed by atoms with van der Waals surface area (Å²) in [7, 11) is 0.789. The number of carbonyl (C=O) groups excluding carboxylic acids is 2. The van der Waals surface area contributed by atoms with Gasteiger partial charge in [0.1, 0.15) is 5.75 Å². The van der Waals surface area contributed by atoms with Gasteiger partial charge >= 0.3 is 11.7 Å². The third kappa shape index (κ3) is 5.71. The van der Waals surface area contributed by atoms with Crippen molar-refractivity contribution in [2.75, 3.05) is 20.8 Å². The number of sulfonamides is 1. The van der Waals surface area contributed by atoms with Gasteiger partial charge in [0, 0.05) is 36.6 Å². The molecule has 0 saturated heterocycles. The molecule has 190 valence electrons. The van der Waals surface area contributed by atoms with Gasteiger partial charge in [-0.05, 0) is 55.7 Å². The molecule has 36 heavy (non-hydrogen) atoms. The Kier molecular flexibility index (Phi) is 8.41. The Bertz CT molecular complexity index is 1450. The number of hydrogen-bond donors (Lipinski definition) is 1. The molecule has 0 fully saturated rings. The SMILES string of the molecule is COC(=O)C(=[N+]=[N-])C(=O)CCc1c(CCNS(=O)(=O)c2ccc(C)cc2)c2cc(OC)ccc2n1C. The molecule has 0 bridgehead atoms. The van der Waals surface area contributed by atoms with Gasteiger partial charge in [-0.2, -0.15) is 4.79 Å². The molecular weight excluding hydrogens is 484 g/mol. The number of Topliss-reactive ketones (excluding diaryl/α,β-unsaturated/α-hetero) is 1. The highest BCUT2D eigenvalue weighted by atomic mass is 32.2. The number of hydrogen-bond acceptors (Lipinski definition) is 6. The van der Waals surface area contributed by atoms with Crippen LogP contribution in [0, 0.1) is 6.92 Å². The summed E-state index contributed by atoms with van der Waals surface area (Å²) >= 11 is 0. The fraction of sp³-hybridized carbons (Fsp3) is 0.320. The molecule has 11 heteroatoms. The molecule has 1 N–H and O–H groups in total. The average molecular weight is 513 g/mol. The first-order valence-corrected chi connectivity index (χ1v) is 12.6. The lowest BCUT2D eigenvalue weighted by molar-refractivity contribution is -0.139. The summed E-state index contributed by atoms with van der Waals surface area (Å²) in [5.41, 5.74) is 11.8. The number of nitrogens with one attached hydrogen (secondary N) is 1. The predicted octanol–water partition coefficient (Wildman–Crippen LogP) is 2.36. The van der Waals surface area contributed by atoms with E-state index in [1.165, 1.54) is 0 Å². The minimum Gasteiger partial charge on any atom is -0.497 e. The molecule has 1 aromatic heterocycles. The van der Waals surface area contributed by atoms with Crippen LogP contribution in [-0.4, -0.2) is 56.0 Å². The van der Waals surface area contributed by atoms with Crippen LogP contribution in [-0.2, 0) is 44.2 Å². The van der Waals surface area contributed by atoms with E-state index in [1.54, 1.807) is 31.4 Å². The van der Waals surface area contributed by atoms with Crippen molar-refractivity contribution in [2.24, 2.45) is 7.05 Å². The quantitative estimate of drug-likeness (QED) is 0.138. The van der Waals surface area contributed by atoms with E-state index in [2.05, 4.69) is 14.2 Å². The molecule has 3 rings (SSSR count). The number of ether oxygens (including phenoxy) is 2. The minimum absolute atomic E-state index is 0.113. The van der Waals surface area contributed by atoms with Gasteiger partial charge in [0.15, 0.2) is 0 Å². The van der Waals surface area contributed by atoms with E-state index in [4.69, 9.17) is 10.3 Å². The van der Waals surface area contributed by atoms with Crippen molar-refractivity contribution in [3.05, 3.63) is 64.8 Å². The third-order valence-corrected chi connectivity index (χ3v) is 7.45. The van der Waals surface area contributed by atoms with Crippen molar-refractivity contribution in [1.29, 1.82) is 0 Å². The normalized spacial score (nSPS) is 11.2. The number of nitrogens with zero attached hydrogens (tertiary/aromatic N) is 3. The maximum Gasteiger partial charge on any atom is 0.441 e. The Balaban J connectivity index is 1.89. The molecule has 0 unspecified atom stereocenters. The number of rotatable bonds is 11. The van der Waals surface area contributed by atoms with E-state index in [0.717, 1.165) is 34.8 Å². The highest BCUT2D eigenvalue weighted by Crippen LogP contribution is 2.30. The van der Waals surface area contributed by atoms with Crippen molar-refractivity contribution < 1.29 is 32.3 Å². The van der Waals surface area contributed by atoms with Crippen LogP contribution in [0.4, 0.5) is 0 Å². The molecule has 1 heterocycles. The average Bonchev–Trinajstić information content (AvgIpc) is 3.13. The second-order valence-corrected chi connectivity index (χ2v) is 9.96. The fourth-order valence-electron chi connectivity index (χ4n) is 4.05. The summed E-state index contributed by atoms with van der Waals surface area (Å²) in [4.78, 5) is 27.2. The number of aryl methyl sites for hydroxylation is 2. The van der Waals surface area contributed by atoms with Gasteiger partial charge in [-0.3, -0.25) is 4.79 Å². The van der Waals surface area contributed by atoms with Crippen LogP contribution in [0.2, 0.25) is 0 Å². The van der Waals surface area contributed by atoms with Crippen LogP contribution in [0.3, 0.4) is 0 Å². The summed E-state index contributed by atoms with van der Waals surface area (Å²) in [6, 6.07) is 12.1. The van der Waals surface area contributed by atoms with E-state index >= 15 is 0 Å². The van der Waals surface area contributed by atoms with Crippen molar-refractivity contribution in [2.45, 2.75) is 31.1 Å². The molecule has 0 radical (unpaired) electrons. The number of aromatic nitrogens is 1. The van der Waals surface area contributed by atoms with E-state index < -0.39 is 27.5 Å². The van der Waals surface area contributed by atoms with E-state index in [1.807, 2.05) is 36.7 Å². The second-order valence-electron chi connectivity index (χ2n) is 8.19. The molecule has 0 aliphatic rings. The number of methoxy groups -OCH3 is 2. The Morgan fingerprint density at radius 2 is 1.78 bits per heavy atom. The molecule has 0 aliphatic heterocycles. The van der Waals surface area contributed by atoms with Crippen LogP contribution >= 0.6 is 0 Å². The number of benzene rings is 2. The highest BCUT2D eigenvalue weighted by molar-refractivity contribution is 7.89. The van der Waals surface area contributed by atoms with Gasteiger partial charge < -0.3 is 19.6 Å². The van der Waals surface area contributed by atoms with Crippen LogP contribution in [0.15, 0.2) is 47.4 Å². The Hall–Kier alpha value is -3.79. The molecule has 0 saturated carbocycles. The Morgan fingerprint density at radius 3 is 2.39 bits per heavy atom. The number of esters is 1. The van der Waals surface area contributed by atoms with E-state index in [-0.39, 0.29) is 24.3 Å². The third-order valence-electron chi connectivity index (χ3n) is 5.97. The lowest BCUT2D eigenvalue weighted by atomic mass is 10.0. The van der Waals surface area contributed by atoms with Gasteiger partial charge in [0.25, 0.3) is 5.78 Å². The predicted molar refractivity (Wildman–Crippen MR) is 134 cm³/mol. The molecule has 2 aromatic carbocycles. The summed E-state index contributed by atoms with van der Waals surface area (Å²) in [6.45, 7) is 2.00. The van der Waals surface area contributed by atoms with Gasteiger partial charge in [-0.1, -0.05) is 17.7 Å². The van der Waals surface area contributed by atoms with Gasteiger partial charge in [-0.15, -0.1) is 0 Å². The first-order chi connectivity index (χ1) is 17.1. The molecule has 0 amide bonds. The first-order valence-electron chi connectivity index (χ1n) is 11.2. The molecule has 0 aliphatic carbocycles. The Morgan fingerprint density at radius 1 is 1.08 bits per heavy atom. The number of carbonyl (C=O) groups is 2. The van der Waals surface area contributed by atoms with Crippen LogP contribution < -0.4 is 9.46 Å². The van der Waals surface area contributed by atoms with Gasteiger partial charge in [0.05, 0.1) is 19.1 Å². The van der Waals surface area contributed by atoms with E-state index in [9.17, 15) is 18.0 Å². The summed E-state index contributed by atoms with van der Waals surface area (Å²) in [5, 5.41) is 0.859. The fourth-order valence-corrected chi connectivity index (χ4v) is 5.08. The molecular formula is C25H28N4O6S. The molecule has 10 nitrogen and oxygen atoms in total. The van der Waals surface area contributed by atoms with Gasteiger partial charge in [-0.25, -0.2) is 17.9 Å². The van der Waals surface area contributed by atoms with Crippen molar-refractivity contribution in [3.63, 3.8) is 0 Å². The van der Waals surface area contributed by atoms with E-state index in [0.29, 0.717) is 12.2 Å². The topological polar surface area (TPSA) is 140 Å². The zero-order valence-electron chi connectivity index (χ0n) is 20.6. The molecule has 3 aromatic rings. The summed E-state index contributed by atoms with van der Waals surface area (Å²) < 4.78 is 39.9. The number of fused-ring (bicyclic) bond motifs is 1. The largest absolute Gasteiger partial charge is 0.497 e. The second kappa shape index (κ2) is 11.3. The minimum atomic E-state index is -3.70. The molecule has 0 spiro atoms. The van der Waals surface area contributed by atoms with Crippen LogP contribution in [0.1, 0.15) is 23.2 Å². The van der Waals surface area contributed by atoms with Crippen molar-refractivity contribution in [3.8, 4) is 5.75 Å². The highest BCUT2D eigenvalue weighted by Gasteiger charge is 2.30. The van der Waals surface area contributed by atoms with Crippen molar-refractivity contribution in [1.82, 2.24) is 9.29 Å². The first kappa shape index (κ1) is 26.8. The summed E-state index contributed by atoms with van der Waals surface area (Å²) in [5.74, 6) is -1.05. The monoisotopic (exact) mass is 512 g/mol. The zero-order valence-corrected chi connectivity index (χ0v) is 21.4. The zero-order chi connectivity index (χ0) is 26.5. The van der Waals surface area contributed by atoms with Crippen LogP contribution in [0.5, 0.6) is 5.75 Å². The maximum absolute atomic E-state index is 12.7. The maximum atomic E-state index is 12.7. The van der Waals surface area contributed by atoms with Crippen LogP contribution in [0.25, 0.3) is 16.4 Å². The lowest BCUT2D eigenvalue weighted by Crippen LogP contribution is -2.27. The standard InChI is InChI=1S/C25H28N4O6S/c1-16-5-8-18(9-6-16)36(32,33)27-14-13-19-20-15-17(34-3)7-10-22(20)29(2)21(19)11-12-23(30)24(28-26)25(31)35-4/h5-10,15,27H,11-14H2,1-4H3. The Labute approximate surface area is 209 Å². The smallest absolute Gasteiger partial charge is 0.441 e. The summed E-state index contributed by atoms with van der Waals surface area (Å²) in [6.07, 6.45) is 0.456. The van der Waals surface area contributed by atoms with Gasteiger partial charge in [0.2, 0.25) is 10.0 Å².